The van der Waals surface area contributed by atoms with Gasteiger partial charge in [0.1, 0.15) is 0 Å². The van der Waals surface area contributed by atoms with Crippen LogP contribution in [0.5, 0.6) is 0 Å². The van der Waals surface area contributed by atoms with Crippen molar-refractivity contribution in [3.05, 3.63) is 12.2 Å². The van der Waals surface area contributed by atoms with Gasteiger partial charge in [-0.1, -0.05) is 46.6 Å². The van der Waals surface area contributed by atoms with Crippen molar-refractivity contribution in [2.75, 3.05) is 0 Å². The third-order valence-corrected chi connectivity index (χ3v) is 4.72. The van der Waals surface area contributed by atoms with Gasteiger partial charge in [0.05, 0.1) is 0 Å². The standard InChI is InChI=1S/C14H24O/c1-11-7-6-9-14(5,13(11,3)4)10-8-12(2)15/h8,10-11H,6-7,9H2,1-5H3. The van der Waals surface area contributed by atoms with Crippen LogP contribution >= 0.6 is 0 Å². The lowest BCUT2D eigenvalue weighted by Crippen LogP contribution is -2.42. The normalized spacial score (nSPS) is 35.7. The summed E-state index contributed by atoms with van der Waals surface area (Å²) in [6.45, 7) is 10.9. The Bertz CT molecular complexity index is 275. The van der Waals surface area contributed by atoms with Gasteiger partial charge in [-0.05, 0) is 36.2 Å². The zero-order valence-corrected chi connectivity index (χ0v) is 10.8. The molecule has 0 aromatic rings. The fourth-order valence-electron chi connectivity index (χ4n) is 2.62. The monoisotopic (exact) mass is 208 g/mol. The summed E-state index contributed by atoms with van der Waals surface area (Å²) in [5.41, 5.74) is 0.466. The predicted octanol–water partition coefficient (Wildman–Crippen LogP) is 3.98. The van der Waals surface area contributed by atoms with E-state index in [1.807, 2.05) is 0 Å². The molecule has 1 aliphatic carbocycles. The number of hydrogen-bond donors (Lipinski definition) is 0. The molecule has 0 radical (unpaired) electrons. The van der Waals surface area contributed by atoms with E-state index in [-0.39, 0.29) is 16.6 Å². The molecule has 1 heteroatoms. The average Bonchev–Trinajstić information content (AvgIpc) is 2.12. The number of carbonyl (C=O) groups is 1. The summed E-state index contributed by atoms with van der Waals surface area (Å²) in [6, 6.07) is 0. The summed E-state index contributed by atoms with van der Waals surface area (Å²) in [6.07, 6.45) is 7.69. The predicted molar refractivity (Wildman–Crippen MR) is 64.7 cm³/mol. The minimum atomic E-state index is 0.158. The number of hydrogen-bond acceptors (Lipinski definition) is 1. The van der Waals surface area contributed by atoms with E-state index in [1.165, 1.54) is 19.3 Å². The van der Waals surface area contributed by atoms with Crippen LogP contribution < -0.4 is 0 Å². The number of ketones is 1. The van der Waals surface area contributed by atoms with E-state index in [4.69, 9.17) is 0 Å². The van der Waals surface area contributed by atoms with Gasteiger partial charge >= 0.3 is 0 Å². The van der Waals surface area contributed by atoms with Crippen LogP contribution in [0.15, 0.2) is 12.2 Å². The summed E-state index contributed by atoms with van der Waals surface area (Å²) in [5.74, 6) is 0.887. The smallest absolute Gasteiger partial charge is 0.152 e. The minimum Gasteiger partial charge on any atom is -0.295 e. The second-order valence-corrected chi connectivity index (χ2v) is 5.88. The molecule has 1 nitrogen and oxygen atoms in total. The Morgan fingerprint density at radius 3 is 2.47 bits per heavy atom. The molecule has 0 spiro atoms. The third-order valence-electron chi connectivity index (χ3n) is 4.72. The van der Waals surface area contributed by atoms with Crippen LogP contribution in [0.3, 0.4) is 0 Å². The van der Waals surface area contributed by atoms with Gasteiger partial charge in [0.15, 0.2) is 5.78 Å². The topological polar surface area (TPSA) is 17.1 Å². The first-order valence-corrected chi connectivity index (χ1v) is 5.99. The van der Waals surface area contributed by atoms with Gasteiger partial charge < -0.3 is 0 Å². The van der Waals surface area contributed by atoms with E-state index >= 15 is 0 Å². The fraction of sp³-hybridized carbons (Fsp3) is 0.786. The van der Waals surface area contributed by atoms with Gasteiger partial charge in [-0.15, -0.1) is 0 Å². The Morgan fingerprint density at radius 2 is 1.93 bits per heavy atom. The van der Waals surface area contributed by atoms with Crippen molar-refractivity contribution in [1.82, 2.24) is 0 Å². The molecule has 0 bridgehead atoms. The van der Waals surface area contributed by atoms with E-state index in [1.54, 1.807) is 13.0 Å². The lowest BCUT2D eigenvalue weighted by Gasteiger charge is -2.50. The summed E-state index contributed by atoms with van der Waals surface area (Å²) in [5, 5.41) is 0. The number of rotatable bonds is 2. The maximum atomic E-state index is 11.0. The fourth-order valence-corrected chi connectivity index (χ4v) is 2.62. The summed E-state index contributed by atoms with van der Waals surface area (Å²) in [7, 11) is 0. The lowest BCUT2D eigenvalue weighted by molar-refractivity contribution is -0.112. The number of allylic oxidation sites excluding steroid dienone is 2. The molecular formula is C14H24O. The largest absolute Gasteiger partial charge is 0.295 e. The average molecular weight is 208 g/mol. The first-order valence-electron chi connectivity index (χ1n) is 5.99. The highest BCUT2D eigenvalue weighted by Gasteiger charge is 2.44. The molecule has 1 aliphatic rings. The van der Waals surface area contributed by atoms with Gasteiger partial charge in [0.2, 0.25) is 0 Å². The van der Waals surface area contributed by atoms with Crippen molar-refractivity contribution >= 4 is 5.78 Å². The van der Waals surface area contributed by atoms with E-state index in [9.17, 15) is 4.79 Å². The summed E-state index contributed by atoms with van der Waals surface area (Å²) in [4.78, 5) is 11.0. The van der Waals surface area contributed by atoms with Crippen molar-refractivity contribution in [3.8, 4) is 0 Å². The molecule has 1 fully saturated rings. The highest BCUT2D eigenvalue weighted by molar-refractivity contribution is 5.87. The second kappa shape index (κ2) is 4.11. The molecule has 0 N–H and O–H groups in total. The van der Waals surface area contributed by atoms with Crippen LogP contribution in [-0.2, 0) is 4.79 Å². The van der Waals surface area contributed by atoms with Crippen molar-refractivity contribution in [2.45, 2.75) is 53.9 Å². The molecule has 0 aliphatic heterocycles. The molecule has 86 valence electrons. The first-order chi connectivity index (χ1) is 6.79. The Balaban J connectivity index is 2.94. The molecular weight excluding hydrogens is 184 g/mol. The minimum absolute atomic E-state index is 0.158. The van der Waals surface area contributed by atoms with Crippen LogP contribution in [0.25, 0.3) is 0 Å². The van der Waals surface area contributed by atoms with Crippen molar-refractivity contribution < 1.29 is 4.79 Å². The molecule has 0 heterocycles. The van der Waals surface area contributed by atoms with E-state index < -0.39 is 0 Å². The van der Waals surface area contributed by atoms with Crippen LogP contribution in [0.2, 0.25) is 0 Å². The Hall–Kier alpha value is -0.590. The van der Waals surface area contributed by atoms with Crippen molar-refractivity contribution in [2.24, 2.45) is 16.7 Å². The Labute approximate surface area is 93.9 Å². The molecule has 1 saturated carbocycles. The SMILES string of the molecule is CC(=O)C=CC1(C)CCCC(C)C1(C)C. The molecule has 0 saturated heterocycles. The van der Waals surface area contributed by atoms with E-state index in [0.717, 1.165) is 5.92 Å². The highest BCUT2D eigenvalue weighted by atomic mass is 16.1. The maximum absolute atomic E-state index is 11.0. The lowest BCUT2D eigenvalue weighted by atomic mass is 9.54. The summed E-state index contributed by atoms with van der Waals surface area (Å²) >= 11 is 0. The molecule has 15 heavy (non-hydrogen) atoms. The Morgan fingerprint density at radius 1 is 1.33 bits per heavy atom. The van der Waals surface area contributed by atoms with Gasteiger partial charge in [0, 0.05) is 0 Å². The third kappa shape index (κ3) is 2.32. The Kier molecular flexibility index (Phi) is 3.42. The van der Waals surface area contributed by atoms with Gasteiger partial charge in [-0.3, -0.25) is 4.79 Å². The van der Waals surface area contributed by atoms with Crippen LogP contribution in [0.4, 0.5) is 0 Å². The summed E-state index contributed by atoms with van der Waals surface area (Å²) < 4.78 is 0. The number of carbonyl (C=O) groups excluding carboxylic acids is 1. The second-order valence-electron chi connectivity index (χ2n) is 5.88. The molecule has 0 aromatic carbocycles. The van der Waals surface area contributed by atoms with Gasteiger partial charge in [-0.2, -0.15) is 0 Å². The molecule has 2 unspecified atom stereocenters. The molecule has 0 aromatic heterocycles. The van der Waals surface area contributed by atoms with Crippen molar-refractivity contribution in [1.29, 1.82) is 0 Å². The van der Waals surface area contributed by atoms with E-state index in [2.05, 4.69) is 33.8 Å². The first kappa shape index (κ1) is 12.5. The van der Waals surface area contributed by atoms with Crippen LogP contribution in [-0.4, -0.2) is 5.78 Å². The zero-order valence-electron chi connectivity index (χ0n) is 10.8. The highest BCUT2D eigenvalue weighted by Crippen LogP contribution is 2.53. The van der Waals surface area contributed by atoms with Crippen LogP contribution in [0.1, 0.15) is 53.9 Å². The quantitative estimate of drug-likeness (QED) is 0.627. The van der Waals surface area contributed by atoms with Gasteiger partial charge in [-0.25, -0.2) is 0 Å². The molecule has 1 rings (SSSR count). The zero-order chi connectivity index (χ0) is 11.7. The van der Waals surface area contributed by atoms with Crippen molar-refractivity contribution in [3.63, 3.8) is 0 Å². The van der Waals surface area contributed by atoms with Gasteiger partial charge in [0.25, 0.3) is 0 Å². The van der Waals surface area contributed by atoms with E-state index in [0.29, 0.717) is 0 Å². The molecule has 0 amide bonds. The van der Waals surface area contributed by atoms with Crippen LogP contribution in [0, 0.1) is 16.7 Å². The molecule has 2 atom stereocenters. The maximum Gasteiger partial charge on any atom is 0.152 e.